The van der Waals surface area contributed by atoms with Gasteiger partial charge in [0.05, 0.1) is 17.9 Å². The molecule has 2 N–H and O–H groups in total. The van der Waals surface area contributed by atoms with Crippen LogP contribution in [0.15, 0.2) is 53.4 Å². The second kappa shape index (κ2) is 10.5. The molecule has 0 unspecified atom stereocenters. The van der Waals surface area contributed by atoms with Crippen molar-refractivity contribution in [2.75, 3.05) is 31.5 Å². The van der Waals surface area contributed by atoms with Gasteiger partial charge < -0.3 is 15.0 Å². The third-order valence-corrected chi connectivity index (χ3v) is 6.74. The van der Waals surface area contributed by atoms with E-state index in [9.17, 15) is 18.0 Å². The van der Waals surface area contributed by atoms with Crippen molar-refractivity contribution in [1.29, 1.82) is 0 Å². The Hall–Kier alpha value is -3.07. The van der Waals surface area contributed by atoms with Crippen molar-refractivity contribution in [3.63, 3.8) is 0 Å². The smallest absolute Gasteiger partial charge is 0.262 e. The van der Waals surface area contributed by atoms with Gasteiger partial charge in [-0.3, -0.25) is 14.3 Å². The van der Waals surface area contributed by atoms with Gasteiger partial charge in [-0.25, -0.2) is 8.42 Å². The maximum Gasteiger partial charge on any atom is 0.262 e. The summed E-state index contributed by atoms with van der Waals surface area (Å²) >= 11 is 0. The number of benzene rings is 2. The van der Waals surface area contributed by atoms with Crippen LogP contribution >= 0.6 is 0 Å². The van der Waals surface area contributed by atoms with E-state index >= 15 is 0 Å². The number of rotatable bonds is 8. The summed E-state index contributed by atoms with van der Waals surface area (Å²) in [6.07, 6.45) is 2.41. The Morgan fingerprint density at radius 2 is 1.91 bits per heavy atom. The first-order chi connectivity index (χ1) is 15.3. The van der Waals surface area contributed by atoms with Crippen molar-refractivity contribution in [1.82, 2.24) is 10.2 Å². The van der Waals surface area contributed by atoms with Crippen LogP contribution in [0.25, 0.3) is 0 Å². The number of carbonyl (C=O) groups is 2. The van der Waals surface area contributed by atoms with E-state index < -0.39 is 10.0 Å². The number of amides is 2. The highest BCUT2D eigenvalue weighted by Crippen LogP contribution is 2.22. The van der Waals surface area contributed by atoms with E-state index in [-0.39, 0.29) is 22.6 Å². The normalized spacial score (nSPS) is 16.3. The zero-order valence-corrected chi connectivity index (χ0v) is 19.2. The van der Waals surface area contributed by atoms with Gasteiger partial charge in [-0.2, -0.15) is 0 Å². The highest BCUT2D eigenvalue weighted by molar-refractivity contribution is 7.92. The fraction of sp³-hybridized carbons (Fsp3) is 0.391. The number of carbonyl (C=O) groups excluding carboxylic acids is 2. The molecule has 1 atom stereocenters. The highest BCUT2D eigenvalue weighted by atomic mass is 32.2. The number of ether oxygens (including phenoxy) is 1. The van der Waals surface area contributed by atoms with Gasteiger partial charge in [0, 0.05) is 37.0 Å². The molecule has 2 aromatic rings. The SMILES string of the molecule is CCCNC(=O)[C@H]1CCCN(C(=O)c2ccc(NS(=O)(=O)c3cccc(OC)c3)cc2)C1. The fourth-order valence-electron chi connectivity index (χ4n) is 3.61. The number of likely N-dealkylation sites (tertiary alicyclic amines) is 1. The predicted octanol–water partition coefficient (Wildman–Crippen LogP) is 2.87. The molecule has 9 heteroatoms. The molecule has 8 nitrogen and oxygen atoms in total. The summed E-state index contributed by atoms with van der Waals surface area (Å²) in [6.45, 7) is 3.62. The number of hydrogen-bond donors (Lipinski definition) is 2. The molecule has 2 amide bonds. The molecule has 0 aromatic heterocycles. The van der Waals surface area contributed by atoms with E-state index in [1.54, 1.807) is 41.3 Å². The summed E-state index contributed by atoms with van der Waals surface area (Å²) in [4.78, 5) is 27.0. The van der Waals surface area contributed by atoms with Crippen LogP contribution in [-0.2, 0) is 14.8 Å². The molecule has 1 heterocycles. The molecule has 1 aliphatic rings. The lowest BCUT2D eigenvalue weighted by molar-refractivity contribution is -0.126. The van der Waals surface area contributed by atoms with Crippen molar-refractivity contribution in [3.8, 4) is 5.75 Å². The third kappa shape index (κ3) is 5.79. The first-order valence-electron chi connectivity index (χ1n) is 10.7. The maximum absolute atomic E-state index is 12.9. The molecule has 3 rings (SSSR count). The Balaban J connectivity index is 1.65. The van der Waals surface area contributed by atoms with Gasteiger partial charge in [0.1, 0.15) is 5.75 Å². The monoisotopic (exact) mass is 459 g/mol. The third-order valence-electron chi connectivity index (χ3n) is 5.36. The van der Waals surface area contributed by atoms with Crippen molar-refractivity contribution in [2.24, 2.45) is 5.92 Å². The number of hydrogen-bond acceptors (Lipinski definition) is 5. The van der Waals surface area contributed by atoms with Gasteiger partial charge in [0.2, 0.25) is 5.91 Å². The van der Waals surface area contributed by atoms with Crippen LogP contribution in [0.3, 0.4) is 0 Å². The number of nitrogens with one attached hydrogen (secondary N) is 2. The minimum Gasteiger partial charge on any atom is -0.497 e. The van der Waals surface area contributed by atoms with Crippen LogP contribution in [0.4, 0.5) is 5.69 Å². The van der Waals surface area contributed by atoms with Gasteiger partial charge in [0.25, 0.3) is 15.9 Å². The molecule has 1 saturated heterocycles. The molecule has 0 bridgehead atoms. The molecule has 2 aromatic carbocycles. The minimum absolute atomic E-state index is 0.00773. The summed E-state index contributed by atoms with van der Waals surface area (Å²) in [5, 5.41) is 2.90. The van der Waals surface area contributed by atoms with Gasteiger partial charge >= 0.3 is 0 Å². The van der Waals surface area contributed by atoms with Gasteiger partial charge in [-0.1, -0.05) is 13.0 Å². The predicted molar refractivity (Wildman–Crippen MR) is 122 cm³/mol. The van der Waals surface area contributed by atoms with Crippen molar-refractivity contribution < 1.29 is 22.7 Å². The molecule has 32 heavy (non-hydrogen) atoms. The van der Waals surface area contributed by atoms with E-state index in [0.717, 1.165) is 19.3 Å². The van der Waals surface area contributed by atoms with E-state index in [2.05, 4.69) is 10.0 Å². The average Bonchev–Trinajstić information content (AvgIpc) is 2.82. The molecule has 1 fully saturated rings. The van der Waals surface area contributed by atoms with Gasteiger partial charge in [0.15, 0.2) is 0 Å². The molecular weight excluding hydrogens is 430 g/mol. The van der Waals surface area contributed by atoms with Crippen LogP contribution in [-0.4, -0.2) is 51.9 Å². The number of anilines is 1. The maximum atomic E-state index is 12.9. The van der Waals surface area contributed by atoms with Crippen LogP contribution in [0.2, 0.25) is 0 Å². The number of nitrogens with zero attached hydrogens (tertiary/aromatic N) is 1. The molecule has 172 valence electrons. The average molecular weight is 460 g/mol. The van der Waals surface area contributed by atoms with Crippen LogP contribution in [0.5, 0.6) is 5.75 Å². The molecule has 0 aliphatic carbocycles. The topological polar surface area (TPSA) is 105 Å². The van der Waals surface area contributed by atoms with Crippen molar-refractivity contribution >= 4 is 27.5 Å². The lowest BCUT2D eigenvalue weighted by atomic mass is 9.96. The Bertz CT molecular complexity index is 1050. The largest absolute Gasteiger partial charge is 0.497 e. The molecule has 0 spiro atoms. The summed E-state index contributed by atoms with van der Waals surface area (Å²) in [5.41, 5.74) is 0.795. The summed E-state index contributed by atoms with van der Waals surface area (Å²) < 4.78 is 32.9. The number of sulfonamides is 1. The molecular formula is C23H29N3O5S. The lowest BCUT2D eigenvalue weighted by Crippen LogP contribution is -2.45. The van der Waals surface area contributed by atoms with Crippen molar-refractivity contribution in [2.45, 2.75) is 31.1 Å². The van der Waals surface area contributed by atoms with Crippen molar-refractivity contribution in [3.05, 3.63) is 54.1 Å². The molecule has 0 saturated carbocycles. The quantitative estimate of drug-likeness (QED) is 0.632. The minimum atomic E-state index is -3.79. The van der Waals surface area contributed by atoms with Crippen LogP contribution in [0, 0.1) is 5.92 Å². The van der Waals surface area contributed by atoms with E-state index in [1.165, 1.54) is 19.2 Å². The molecule has 0 radical (unpaired) electrons. The Labute approximate surface area is 189 Å². The zero-order valence-electron chi connectivity index (χ0n) is 18.3. The Kier molecular flexibility index (Phi) is 7.74. The van der Waals surface area contributed by atoms with E-state index in [1.807, 2.05) is 6.92 Å². The molecule has 1 aliphatic heterocycles. The first kappa shape index (κ1) is 23.6. The lowest BCUT2D eigenvalue weighted by Gasteiger charge is -2.32. The van der Waals surface area contributed by atoms with Gasteiger partial charge in [-0.15, -0.1) is 0 Å². The standard InChI is InChI=1S/C23H29N3O5S/c1-3-13-24-22(27)18-6-5-14-26(16-18)23(28)17-9-11-19(12-10-17)25-32(29,30)21-8-4-7-20(15-21)31-2/h4,7-12,15,18,25H,3,5-6,13-14,16H2,1-2H3,(H,24,27)/t18-/m0/s1. The Morgan fingerprint density at radius 1 is 1.16 bits per heavy atom. The second-order valence-corrected chi connectivity index (χ2v) is 9.43. The fourth-order valence-corrected chi connectivity index (χ4v) is 4.71. The Morgan fingerprint density at radius 3 is 2.59 bits per heavy atom. The summed E-state index contributed by atoms with van der Waals surface area (Å²) in [7, 11) is -2.32. The second-order valence-electron chi connectivity index (χ2n) is 7.74. The number of methoxy groups -OCH3 is 1. The van der Waals surface area contributed by atoms with Crippen LogP contribution < -0.4 is 14.8 Å². The summed E-state index contributed by atoms with van der Waals surface area (Å²) in [5.74, 6) is 0.0667. The summed E-state index contributed by atoms with van der Waals surface area (Å²) in [6, 6.07) is 12.5. The van der Waals surface area contributed by atoms with Crippen LogP contribution in [0.1, 0.15) is 36.5 Å². The van der Waals surface area contributed by atoms with E-state index in [4.69, 9.17) is 4.74 Å². The number of piperidine rings is 1. The highest BCUT2D eigenvalue weighted by Gasteiger charge is 2.28. The zero-order chi connectivity index (χ0) is 23.1. The first-order valence-corrected chi connectivity index (χ1v) is 12.2. The van der Waals surface area contributed by atoms with E-state index in [0.29, 0.717) is 36.6 Å². The van der Waals surface area contributed by atoms with Gasteiger partial charge in [-0.05, 0) is 55.7 Å².